The Hall–Kier alpha value is -1.03. The largest absolute Gasteiger partial charge is 0.329 e. The summed E-state index contributed by atoms with van der Waals surface area (Å²) in [6, 6.07) is 2.54. The Bertz CT molecular complexity index is 747. The fraction of sp³-hybridized carbons (Fsp3) is 0.500. The number of sulfone groups is 1. The molecular formula is C12H17FN2O4S2. The third kappa shape index (κ3) is 3.10. The second kappa shape index (κ2) is 5.64. The second-order valence-electron chi connectivity index (χ2n) is 5.01. The molecule has 6 nitrogen and oxygen atoms in total. The van der Waals surface area contributed by atoms with Crippen LogP contribution in [0.1, 0.15) is 12.8 Å². The minimum Gasteiger partial charge on any atom is -0.329 e. The summed E-state index contributed by atoms with van der Waals surface area (Å²) in [5.41, 5.74) is 5.55. The quantitative estimate of drug-likeness (QED) is 0.855. The highest BCUT2D eigenvalue weighted by atomic mass is 32.2. The molecule has 1 heterocycles. The number of benzene rings is 1. The van der Waals surface area contributed by atoms with E-state index < -0.39 is 30.6 Å². The Morgan fingerprint density at radius 1 is 1.33 bits per heavy atom. The van der Waals surface area contributed by atoms with Crippen molar-refractivity contribution in [2.24, 2.45) is 5.73 Å². The molecule has 1 aromatic rings. The molecule has 0 aromatic heterocycles. The first kappa shape index (κ1) is 16.3. The number of nitrogens with zero attached hydrogens (tertiary/aromatic N) is 1. The van der Waals surface area contributed by atoms with Crippen LogP contribution in [0.25, 0.3) is 0 Å². The topological polar surface area (TPSA) is 97.5 Å². The lowest BCUT2D eigenvalue weighted by Gasteiger charge is -2.23. The highest BCUT2D eigenvalue weighted by Gasteiger charge is 2.35. The van der Waals surface area contributed by atoms with Gasteiger partial charge < -0.3 is 5.73 Å². The second-order valence-corrected chi connectivity index (χ2v) is 8.89. The summed E-state index contributed by atoms with van der Waals surface area (Å²) in [4.78, 5) is -0.772. The molecular weight excluding hydrogens is 319 g/mol. The molecule has 0 radical (unpaired) electrons. The van der Waals surface area contributed by atoms with Crippen LogP contribution in [0.15, 0.2) is 28.0 Å². The Labute approximate surface area is 123 Å². The van der Waals surface area contributed by atoms with Gasteiger partial charge in [0, 0.05) is 25.4 Å². The number of rotatable bonds is 4. The zero-order chi connectivity index (χ0) is 15.8. The van der Waals surface area contributed by atoms with Crippen molar-refractivity contribution in [3.63, 3.8) is 0 Å². The van der Waals surface area contributed by atoms with Crippen molar-refractivity contribution in [1.82, 2.24) is 4.31 Å². The zero-order valence-corrected chi connectivity index (χ0v) is 13.1. The van der Waals surface area contributed by atoms with Gasteiger partial charge in [-0.3, -0.25) is 0 Å². The summed E-state index contributed by atoms with van der Waals surface area (Å²) < 4.78 is 62.8. The Morgan fingerprint density at radius 2 is 2.00 bits per heavy atom. The zero-order valence-electron chi connectivity index (χ0n) is 11.5. The number of hydrogen-bond acceptors (Lipinski definition) is 5. The van der Waals surface area contributed by atoms with Crippen LogP contribution >= 0.6 is 0 Å². The molecule has 0 amide bonds. The molecule has 1 atom stereocenters. The molecule has 1 aliphatic rings. The molecule has 0 spiro atoms. The van der Waals surface area contributed by atoms with E-state index in [1.165, 1.54) is 4.31 Å². The highest BCUT2D eigenvalue weighted by molar-refractivity contribution is 7.90. The Balaban J connectivity index is 2.45. The van der Waals surface area contributed by atoms with Crippen LogP contribution in [0.3, 0.4) is 0 Å². The normalized spacial score (nSPS) is 20.8. The first-order valence-electron chi connectivity index (χ1n) is 6.39. The molecule has 2 N–H and O–H groups in total. The van der Waals surface area contributed by atoms with Crippen LogP contribution in [0, 0.1) is 5.82 Å². The Morgan fingerprint density at radius 3 is 2.52 bits per heavy atom. The van der Waals surface area contributed by atoms with E-state index in [9.17, 15) is 21.2 Å². The standard InChI is InChI=1S/C12H17FN2O4S2/c1-20(16,17)12-5-4-10(7-11(12)13)21(18,19)15-6-2-3-9(15)8-14/h4-5,7,9H,2-3,6,8,14H2,1H3. The van der Waals surface area contributed by atoms with E-state index in [2.05, 4.69) is 0 Å². The van der Waals surface area contributed by atoms with Gasteiger partial charge in [0.15, 0.2) is 9.84 Å². The smallest absolute Gasteiger partial charge is 0.243 e. The van der Waals surface area contributed by atoms with Crippen molar-refractivity contribution in [2.45, 2.75) is 28.7 Å². The van der Waals surface area contributed by atoms with Crippen LogP contribution < -0.4 is 5.73 Å². The van der Waals surface area contributed by atoms with Crippen molar-refractivity contribution in [1.29, 1.82) is 0 Å². The molecule has 1 aliphatic heterocycles. The van der Waals surface area contributed by atoms with E-state index in [4.69, 9.17) is 5.73 Å². The third-order valence-corrected chi connectivity index (χ3v) is 6.58. The summed E-state index contributed by atoms with van der Waals surface area (Å²) in [6.45, 7) is 0.531. The van der Waals surface area contributed by atoms with Gasteiger partial charge in [0.2, 0.25) is 10.0 Å². The summed E-state index contributed by atoms with van der Waals surface area (Å²) in [6.07, 6.45) is 2.23. The first-order valence-corrected chi connectivity index (χ1v) is 9.72. The van der Waals surface area contributed by atoms with E-state index in [-0.39, 0.29) is 17.5 Å². The minimum absolute atomic E-state index is 0.198. The van der Waals surface area contributed by atoms with Gasteiger partial charge in [-0.1, -0.05) is 0 Å². The molecule has 118 valence electrons. The van der Waals surface area contributed by atoms with Crippen LogP contribution in [-0.2, 0) is 19.9 Å². The summed E-state index contributed by atoms with van der Waals surface area (Å²) in [5.74, 6) is -1.07. The molecule has 1 unspecified atom stereocenters. The van der Waals surface area contributed by atoms with Crippen molar-refractivity contribution >= 4 is 19.9 Å². The number of hydrogen-bond donors (Lipinski definition) is 1. The molecule has 2 rings (SSSR count). The summed E-state index contributed by atoms with van der Waals surface area (Å²) in [5, 5.41) is 0. The maximum atomic E-state index is 13.9. The molecule has 1 aromatic carbocycles. The first-order chi connectivity index (χ1) is 9.67. The van der Waals surface area contributed by atoms with E-state index in [1.807, 2.05) is 0 Å². The van der Waals surface area contributed by atoms with Crippen molar-refractivity contribution < 1.29 is 21.2 Å². The molecule has 1 saturated heterocycles. The number of halogens is 1. The van der Waals surface area contributed by atoms with Gasteiger partial charge >= 0.3 is 0 Å². The van der Waals surface area contributed by atoms with Gasteiger partial charge in [0.1, 0.15) is 10.7 Å². The molecule has 0 saturated carbocycles. The maximum absolute atomic E-state index is 13.9. The van der Waals surface area contributed by atoms with E-state index in [1.54, 1.807) is 0 Å². The van der Waals surface area contributed by atoms with Crippen LogP contribution in [0.2, 0.25) is 0 Å². The number of sulfonamides is 1. The predicted octanol–water partition coefficient (Wildman–Crippen LogP) is 0.341. The van der Waals surface area contributed by atoms with Gasteiger partial charge in [0.05, 0.1) is 4.90 Å². The monoisotopic (exact) mass is 336 g/mol. The van der Waals surface area contributed by atoms with Gasteiger partial charge in [-0.15, -0.1) is 0 Å². The van der Waals surface area contributed by atoms with Gasteiger partial charge in [-0.25, -0.2) is 21.2 Å². The maximum Gasteiger partial charge on any atom is 0.243 e. The van der Waals surface area contributed by atoms with Crippen molar-refractivity contribution in [2.75, 3.05) is 19.3 Å². The fourth-order valence-electron chi connectivity index (χ4n) is 2.44. The van der Waals surface area contributed by atoms with Crippen molar-refractivity contribution in [3.05, 3.63) is 24.0 Å². The summed E-state index contributed by atoms with van der Waals surface area (Å²) in [7, 11) is -7.60. The van der Waals surface area contributed by atoms with Crippen LogP contribution in [0.4, 0.5) is 4.39 Å². The van der Waals surface area contributed by atoms with Crippen LogP contribution in [0.5, 0.6) is 0 Å². The minimum atomic E-state index is -3.87. The molecule has 0 aliphatic carbocycles. The molecule has 1 fully saturated rings. The third-order valence-electron chi connectivity index (χ3n) is 3.50. The van der Waals surface area contributed by atoms with Gasteiger partial charge in [-0.05, 0) is 31.0 Å². The lowest BCUT2D eigenvalue weighted by molar-refractivity contribution is 0.392. The average molecular weight is 336 g/mol. The summed E-state index contributed by atoms with van der Waals surface area (Å²) >= 11 is 0. The predicted molar refractivity (Wildman–Crippen MR) is 75.5 cm³/mol. The van der Waals surface area contributed by atoms with Gasteiger partial charge in [0.25, 0.3) is 0 Å². The SMILES string of the molecule is CS(=O)(=O)c1ccc(S(=O)(=O)N2CCCC2CN)cc1F. The fourth-order valence-corrected chi connectivity index (χ4v) is 4.88. The lowest BCUT2D eigenvalue weighted by atomic mass is 10.2. The van der Waals surface area contributed by atoms with Crippen molar-refractivity contribution in [3.8, 4) is 0 Å². The van der Waals surface area contributed by atoms with Crippen LogP contribution in [-0.4, -0.2) is 46.5 Å². The number of nitrogens with two attached hydrogens (primary N) is 1. The molecule has 21 heavy (non-hydrogen) atoms. The average Bonchev–Trinajstić information content (AvgIpc) is 2.86. The van der Waals surface area contributed by atoms with E-state index >= 15 is 0 Å². The molecule has 9 heteroatoms. The van der Waals surface area contributed by atoms with Gasteiger partial charge in [-0.2, -0.15) is 4.31 Å². The Kier molecular flexibility index (Phi) is 4.39. The van der Waals surface area contributed by atoms with E-state index in [0.29, 0.717) is 19.4 Å². The van der Waals surface area contributed by atoms with E-state index in [0.717, 1.165) is 24.5 Å². The highest BCUT2D eigenvalue weighted by Crippen LogP contribution is 2.27. The molecule has 0 bridgehead atoms. The lowest BCUT2D eigenvalue weighted by Crippen LogP contribution is -2.39.